The Hall–Kier alpha value is -3.58. The molecule has 2 N–H and O–H groups in total. The quantitative estimate of drug-likeness (QED) is 0.159. The highest BCUT2D eigenvalue weighted by Crippen LogP contribution is 2.23. The molecule has 29 heavy (non-hydrogen) atoms. The maximum absolute atomic E-state index is 11.0. The summed E-state index contributed by atoms with van der Waals surface area (Å²) in [7, 11) is 0. The van der Waals surface area contributed by atoms with Crippen molar-refractivity contribution in [1.82, 2.24) is 0 Å². The minimum atomic E-state index is -0.482. The van der Waals surface area contributed by atoms with Crippen molar-refractivity contribution in [2.24, 2.45) is 0 Å². The molecule has 0 aliphatic heterocycles. The van der Waals surface area contributed by atoms with Gasteiger partial charge in [0, 0.05) is 35.5 Å². The number of nitrogens with zero attached hydrogens (tertiary/aromatic N) is 2. The van der Waals surface area contributed by atoms with Crippen molar-refractivity contribution in [3.05, 3.63) is 99.9 Å². The van der Waals surface area contributed by atoms with E-state index < -0.39 is 4.92 Å². The number of non-ortho nitro benzene ring substituents is 1. The Morgan fingerprint density at radius 1 is 1.07 bits per heavy atom. The second kappa shape index (κ2) is 8.62. The van der Waals surface area contributed by atoms with Crippen LogP contribution in [0.4, 0.5) is 11.4 Å². The molecule has 0 bridgehead atoms. The van der Waals surface area contributed by atoms with Crippen molar-refractivity contribution in [2.45, 2.75) is 13.8 Å². The first-order valence-electron chi connectivity index (χ1n) is 8.90. The fraction of sp³-hybridized carbons (Fsp3) is 0.0909. The average Bonchev–Trinajstić information content (AvgIpc) is 2.71. The normalized spacial score (nSPS) is 11.5. The highest BCUT2D eigenvalue weighted by atomic mass is 32.1. The zero-order chi connectivity index (χ0) is 21.0. The van der Waals surface area contributed by atoms with E-state index in [0.717, 1.165) is 16.8 Å². The molecule has 0 fully saturated rings. The predicted octanol–water partition coefficient (Wildman–Crippen LogP) is 4.82. The van der Waals surface area contributed by atoms with Crippen LogP contribution >= 0.6 is 12.2 Å². The fourth-order valence-corrected chi connectivity index (χ4v) is 3.14. The zero-order valence-electron chi connectivity index (χ0n) is 16.0. The van der Waals surface area contributed by atoms with E-state index in [1.54, 1.807) is 17.0 Å². The minimum absolute atomic E-state index is 0.0495. The van der Waals surface area contributed by atoms with Gasteiger partial charge in [0.05, 0.1) is 4.92 Å². The van der Waals surface area contributed by atoms with Crippen LogP contribution < -0.4 is 9.88 Å². The molecule has 0 unspecified atom stereocenters. The van der Waals surface area contributed by atoms with E-state index in [1.165, 1.54) is 24.3 Å². The molecule has 0 spiro atoms. The van der Waals surface area contributed by atoms with Gasteiger partial charge in [-0.25, -0.2) is 0 Å². The van der Waals surface area contributed by atoms with Gasteiger partial charge < -0.3 is 10.4 Å². The lowest BCUT2D eigenvalue weighted by Gasteiger charge is -2.12. The molecule has 146 valence electrons. The highest BCUT2D eigenvalue weighted by Gasteiger charge is 2.24. The largest absolute Gasteiger partial charge is 0.502 e. The van der Waals surface area contributed by atoms with Gasteiger partial charge in [0.2, 0.25) is 0 Å². The number of aromatic nitrogens is 1. The van der Waals surface area contributed by atoms with Crippen LogP contribution in [0.5, 0.6) is 0 Å². The molecular formula is C22H20N3O3S+. The molecule has 1 aromatic heterocycles. The van der Waals surface area contributed by atoms with Crippen LogP contribution in [0.2, 0.25) is 0 Å². The summed E-state index contributed by atoms with van der Waals surface area (Å²) < 4.78 is 1.71. The number of hydrogen-bond donors (Lipinski definition) is 2. The molecule has 0 atom stereocenters. The molecule has 0 aliphatic rings. The van der Waals surface area contributed by atoms with Crippen LogP contribution in [0.3, 0.4) is 0 Å². The van der Waals surface area contributed by atoms with E-state index in [-0.39, 0.29) is 11.4 Å². The van der Waals surface area contributed by atoms with E-state index in [9.17, 15) is 15.2 Å². The van der Waals surface area contributed by atoms with Crippen molar-refractivity contribution >= 4 is 40.0 Å². The third kappa shape index (κ3) is 4.64. The number of aliphatic hydroxyl groups is 1. The summed E-state index contributed by atoms with van der Waals surface area (Å²) in [6.45, 7) is 3.96. The summed E-state index contributed by atoms with van der Waals surface area (Å²) in [4.78, 5) is 10.7. The van der Waals surface area contributed by atoms with Crippen LogP contribution in [0.1, 0.15) is 16.7 Å². The molecular weight excluding hydrogens is 386 g/mol. The molecule has 7 heteroatoms. The van der Waals surface area contributed by atoms with Crippen LogP contribution in [0.15, 0.2) is 73.1 Å². The number of hydrogen-bond acceptors (Lipinski definition) is 4. The first-order chi connectivity index (χ1) is 13.9. The lowest BCUT2D eigenvalue weighted by Crippen LogP contribution is -2.38. The van der Waals surface area contributed by atoms with E-state index in [1.807, 2.05) is 50.2 Å². The zero-order valence-corrected chi connectivity index (χ0v) is 16.8. The Kier molecular flexibility index (Phi) is 5.99. The maximum atomic E-state index is 11.0. The number of nitrogens with one attached hydrogen (secondary N) is 1. The molecule has 0 radical (unpaired) electrons. The Labute approximate surface area is 173 Å². The summed E-state index contributed by atoms with van der Waals surface area (Å²) in [6.07, 6.45) is 3.54. The topological polar surface area (TPSA) is 79.3 Å². The molecule has 2 aromatic carbocycles. The maximum Gasteiger partial charge on any atom is 0.288 e. The smallest absolute Gasteiger partial charge is 0.288 e. The Balaban J connectivity index is 2.07. The average molecular weight is 406 g/mol. The van der Waals surface area contributed by atoms with Crippen molar-refractivity contribution in [3.8, 4) is 0 Å². The SMILES string of the molecule is Cc1ccc(C)c(NC(=S)C(=C(O)c2ccc([N+](=O)[O-])cc2)[n+]2ccccc2)c1. The number of aliphatic hydroxyl groups excluding tert-OH is 1. The molecule has 6 nitrogen and oxygen atoms in total. The predicted molar refractivity (Wildman–Crippen MR) is 118 cm³/mol. The van der Waals surface area contributed by atoms with Gasteiger partial charge in [0.25, 0.3) is 11.4 Å². The molecule has 3 rings (SSSR count). The summed E-state index contributed by atoms with van der Waals surface area (Å²) in [5.74, 6) is -0.0843. The van der Waals surface area contributed by atoms with Gasteiger partial charge in [-0.05, 0) is 43.2 Å². The standard InChI is InChI=1S/C22H19N3O3S/c1-15-6-7-16(2)19(14-15)23-22(29)20(24-12-4-3-5-13-24)21(26)17-8-10-18(11-9-17)25(27)28/h3-14H,1-2H3,(H-,23,26,29)/p+1. The lowest BCUT2D eigenvalue weighted by atomic mass is 10.1. The number of nitro groups is 1. The monoisotopic (exact) mass is 406 g/mol. The number of anilines is 1. The van der Waals surface area contributed by atoms with Gasteiger partial charge in [0.15, 0.2) is 23.1 Å². The van der Waals surface area contributed by atoms with Crippen molar-refractivity contribution in [2.75, 3.05) is 5.32 Å². The van der Waals surface area contributed by atoms with Crippen molar-refractivity contribution in [3.63, 3.8) is 0 Å². The fourth-order valence-electron chi connectivity index (χ4n) is 2.82. The number of nitro benzene ring substituents is 1. The van der Waals surface area contributed by atoms with Crippen molar-refractivity contribution < 1.29 is 14.6 Å². The van der Waals surface area contributed by atoms with Crippen LogP contribution in [-0.4, -0.2) is 15.0 Å². The van der Waals surface area contributed by atoms with E-state index in [2.05, 4.69) is 5.32 Å². The Morgan fingerprint density at radius 3 is 2.34 bits per heavy atom. The van der Waals surface area contributed by atoms with Crippen LogP contribution in [0, 0.1) is 24.0 Å². The van der Waals surface area contributed by atoms with Gasteiger partial charge in [0.1, 0.15) is 0 Å². The molecule has 0 amide bonds. The Morgan fingerprint density at radius 2 is 1.72 bits per heavy atom. The van der Waals surface area contributed by atoms with Crippen molar-refractivity contribution in [1.29, 1.82) is 0 Å². The summed E-state index contributed by atoms with van der Waals surface area (Å²) in [6, 6.07) is 17.2. The van der Waals surface area contributed by atoms with Gasteiger partial charge in [-0.3, -0.25) is 10.1 Å². The van der Waals surface area contributed by atoms with Gasteiger partial charge in [-0.1, -0.05) is 30.4 Å². The first kappa shape index (κ1) is 20.2. The molecule has 0 saturated carbocycles. The molecule has 0 aliphatic carbocycles. The molecule has 3 aromatic rings. The van der Waals surface area contributed by atoms with Crippen LogP contribution in [-0.2, 0) is 0 Å². The van der Waals surface area contributed by atoms with Gasteiger partial charge >= 0.3 is 0 Å². The van der Waals surface area contributed by atoms with Gasteiger partial charge in [-0.2, -0.15) is 4.57 Å². The second-order valence-electron chi connectivity index (χ2n) is 6.56. The first-order valence-corrected chi connectivity index (χ1v) is 9.31. The third-order valence-electron chi connectivity index (χ3n) is 4.41. The summed E-state index contributed by atoms with van der Waals surface area (Å²) in [5, 5.41) is 25.1. The summed E-state index contributed by atoms with van der Waals surface area (Å²) >= 11 is 5.63. The lowest BCUT2D eigenvalue weighted by molar-refractivity contribution is -0.575. The Bertz CT molecular complexity index is 1090. The van der Waals surface area contributed by atoms with E-state index >= 15 is 0 Å². The highest BCUT2D eigenvalue weighted by molar-refractivity contribution is 7.81. The minimum Gasteiger partial charge on any atom is -0.502 e. The number of aryl methyl sites for hydroxylation is 2. The summed E-state index contributed by atoms with van der Waals surface area (Å²) in [5.41, 5.74) is 3.69. The second-order valence-corrected chi connectivity index (χ2v) is 6.96. The third-order valence-corrected chi connectivity index (χ3v) is 4.70. The van der Waals surface area contributed by atoms with Crippen LogP contribution in [0.25, 0.3) is 11.5 Å². The van der Waals surface area contributed by atoms with E-state index in [4.69, 9.17) is 12.2 Å². The van der Waals surface area contributed by atoms with E-state index in [0.29, 0.717) is 16.2 Å². The number of pyridine rings is 1. The van der Waals surface area contributed by atoms with Gasteiger partial charge in [-0.15, -0.1) is 0 Å². The molecule has 0 saturated heterocycles. The number of rotatable bonds is 5. The molecule has 1 heterocycles. The number of thiocarbonyl (C=S) groups is 1. The number of benzene rings is 2.